The quantitative estimate of drug-likeness (QED) is 0.710. The molecule has 0 fully saturated rings. The van der Waals surface area contributed by atoms with Gasteiger partial charge in [-0.3, -0.25) is 4.79 Å². The SMILES string of the molecule is CCOc1ccc(/C=C(\NC(=O)c2ccccc2)C(=O)O)cc1OCC. The average Bonchev–Trinajstić information content (AvgIpc) is 2.64. The molecular weight excluding hydrogens is 334 g/mol. The molecule has 0 saturated heterocycles. The van der Waals surface area contributed by atoms with E-state index in [1.54, 1.807) is 48.5 Å². The number of carbonyl (C=O) groups is 2. The zero-order valence-electron chi connectivity index (χ0n) is 14.7. The van der Waals surface area contributed by atoms with Crippen molar-refractivity contribution in [3.8, 4) is 11.5 Å². The minimum Gasteiger partial charge on any atom is -0.490 e. The van der Waals surface area contributed by atoms with E-state index in [0.29, 0.717) is 35.8 Å². The van der Waals surface area contributed by atoms with Crippen molar-refractivity contribution in [1.29, 1.82) is 0 Å². The molecule has 0 aliphatic carbocycles. The highest BCUT2D eigenvalue weighted by Crippen LogP contribution is 2.29. The van der Waals surface area contributed by atoms with E-state index < -0.39 is 11.9 Å². The molecule has 2 N–H and O–H groups in total. The van der Waals surface area contributed by atoms with E-state index >= 15 is 0 Å². The Morgan fingerprint density at radius 2 is 1.65 bits per heavy atom. The summed E-state index contributed by atoms with van der Waals surface area (Å²) in [5, 5.41) is 11.8. The van der Waals surface area contributed by atoms with Crippen molar-refractivity contribution in [2.45, 2.75) is 13.8 Å². The summed E-state index contributed by atoms with van der Waals surface area (Å²) >= 11 is 0. The maximum Gasteiger partial charge on any atom is 0.352 e. The van der Waals surface area contributed by atoms with Crippen molar-refractivity contribution in [3.63, 3.8) is 0 Å². The van der Waals surface area contributed by atoms with Crippen molar-refractivity contribution < 1.29 is 24.2 Å². The van der Waals surface area contributed by atoms with Crippen LogP contribution in [0.2, 0.25) is 0 Å². The molecule has 26 heavy (non-hydrogen) atoms. The number of hydrogen-bond donors (Lipinski definition) is 2. The third-order valence-electron chi connectivity index (χ3n) is 3.39. The predicted molar refractivity (Wildman–Crippen MR) is 98.3 cm³/mol. The number of aliphatic carboxylic acids is 1. The van der Waals surface area contributed by atoms with Crippen LogP contribution in [0.25, 0.3) is 6.08 Å². The zero-order valence-corrected chi connectivity index (χ0v) is 14.7. The summed E-state index contributed by atoms with van der Waals surface area (Å²) in [7, 11) is 0. The predicted octanol–water partition coefficient (Wildman–Crippen LogP) is 3.34. The molecule has 0 saturated carbocycles. The van der Waals surface area contributed by atoms with Crippen LogP contribution in [-0.2, 0) is 4.79 Å². The highest BCUT2D eigenvalue weighted by Gasteiger charge is 2.14. The Morgan fingerprint density at radius 3 is 2.27 bits per heavy atom. The fourth-order valence-corrected chi connectivity index (χ4v) is 2.26. The van der Waals surface area contributed by atoms with Crippen molar-refractivity contribution in [1.82, 2.24) is 5.32 Å². The summed E-state index contributed by atoms with van der Waals surface area (Å²) in [5.41, 5.74) is 0.717. The zero-order chi connectivity index (χ0) is 18.9. The van der Waals surface area contributed by atoms with Gasteiger partial charge in [0, 0.05) is 5.56 Å². The van der Waals surface area contributed by atoms with Gasteiger partial charge >= 0.3 is 5.97 Å². The lowest BCUT2D eigenvalue weighted by atomic mass is 10.1. The second kappa shape index (κ2) is 9.27. The lowest BCUT2D eigenvalue weighted by Crippen LogP contribution is -2.27. The first-order valence-electron chi connectivity index (χ1n) is 8.26. The summed E-state index contributed by atoms with van der Waals surface area (Å²) in [6.07, 6.45) is 1.38. The van der Waals surface area contributed by atoms with Gasteiger partial charge in [0.2, 0.25) is 0 Å². The molecule has 0 spiro atoms. The summed E-state index contributed by atoms with van der Waals surface area (Å²) in [6, 6.07) is 13.5. The molecule has 6 nitrogen and oxygen atoms in total. The fourth-order valence-electron chi connectivity index (χ4n) is 2.26. The van der Waals surface area contributed by atoms with Crippen LogP contribution in [0.5, 0.6) is 11.5 Å². The van der Waals surface area contributed by atoms with Gasteiger partial charge in [-0.2, -0.15) is 0 Å². The molecule has 0 heterocycles. The number of hydrogen-bond acceptors (Lipinski definition) is 4. The highest BCUT2D eigenvalue weighted by atomic mass is 16.5. The molecular formula is C20H21NO5. The largest absolute Gasteiger partial charge is 0.490 e. The van der Waals surface area contributed by atoms with Crippen LogP contribution in [0.4, 0.5) is 0 Å². The minimum atomic E-state index is -1.24. The van der Waals surface area contributed by atoms with Gasteiger partial charge in [0.1, 0.15) is 5.70 Å². The van der Waals surface area contributed by atoms with Crippen LogP contribution >= 0.6 is 0 Å². The van der Waals surface area contributed by atoms with Crippen LogP contribution in [0.3, 0.4) is 0 Å². The molecule has 0 atom stereocenters. The Balaban J connectivity index is 2.29. The van der Waals surface area contributed by atoms with Crippen LogP contribution in [0.1, 0.15) is 29.8 Å². The number of carbonyl (C=O) groups excluding carboxylic acids is 1. The Labute approximate surface area is 152 Å². The van der Waals surface area contributed by atoms with E-state index in [0.717, 1.165) is 0 Å². The number of nitrogens with one attached hydrogen (secondary N) is 1. The molecule has 0 aromatic heterocycles. The first kappa shape index (κ1) is 19.1. The Hall–Kier alpha value is -3.28. The number of ether oxygens (including phenoxy) is 2. The Bertz CT molecular complexity index is 799. The van der Waals surface area contributed by atoms with Gasteiger partial charge in [0.05, 0.1) is 13.2 Å². The molecule has 0 unspecified atom stereocenters. The van der Waals surface area contributed by atoms with E-state index in [2.05, 4.69) is 5.32 Å². The number of carboxylic acids is 1. The summed E-state index contributed by atoms with van der Waals surface area (Å²) < 4.78 is 11.0. The third kappa shape index (κ3) is 5.11. The molecule has 2 rings (SSSR count). The van der Waals surface area contributed by atoms with Gasteiger partial charge in [0.15, 0.2) is 11.5 Å². The normalized spacial score (nSPS) is 10.9. The molecule has 136 valence electrons. The summed E-state index contributed by atoms with van der Waals surface area (Å²) in [6.45, 7) is 4.65. The lowest BCUT2D eigenvalue weighted by Gasteiger charge is -2.12. The minimum absolute atomic E-state index is 0.231. The van der Waals surface area contributed by atoms with E-state index in [1.807, 2.05) is 13.8 Å². The fraction of sp³-hybridized carbons (Fsp3) is 0.200. The Kier molecular flexibility index (Phi) is 6.79. The van der Waals surface area contributed by atoms with Crippen LogP contribution < -0.4 is 14.8 Å². The van der Waals surface area contributed by atoms with E-state index in [9.17, 15) is 14.7 Å². The topological polar surface area (TPSA) is 84.9 Å². The van der Waals surface area contributed by atoms with E-state index in [1.165, 1.54) is 6.08 Å². The second-order valence-electron chi connectivity index (χ2n) is 5.26. The molecule has 0 aliphatic heterocycles. The molecule has 2 aromatic carbocycles. The van der Waals surface area contributed by atoms with Crippen LogP contribution in [0.15, 0.2) is 54.2 Å². The standard InChI is InChI=1S/C20H21NO5/c1-3-25-17-11-10-14(13-18(17)26-4-2)12-16(20(23)24)21-19(22)15-8-6-5-7-9-15/h5-13H,3-4H2,1-2H3,(H,21,22)(H,23,24)/b16-12-. The summed E-state index contributed by atoms with van der Waals surface area (Å²) in [4.78, 5) is 23.7. The molecule has 0 aliphatic rings. The average molecular weight is 355 g/mol. The van der Waals surface area contributed by atoms with Crippen LogP contribution in [-0.4, -0.2) is 30.2 Å². The van der Waals surface area contributed by atoms with Crippen molar-refractivity contribution in [2.75, 3.05) is 13.2 Å². The van der Waals surface area contributed by atoms with E-state index in [4.69, 9.17) is 9.47 Å². The van der Waals surface area contributed by atoms with Crippen molar-refractivity contribution in [2.24, 2.45) is 0 Å². The first-order valence-corrected chi connectivity index (χ1v) is 8.26. The number of carboxylic acid groups (broad SMARTS) is 1. The molecule has 6 heteroatoms. The number of amides is 1. The second-order valence-corrected chi connectivity index (χ2v) is 5.26. The third-order valence-corrected chi connectivity index (χ3v) is 3.39. The summed E-state index contributed by atoms with van der Waals surface area (Å²) in [5.74, 6) is -0.629. The molecule has 0 bridgehead atoms. The highest BCUT2D eigenvalue weighted by molar-refractivity contribution is 6.02. The van der Waals surface area contributed by atoms with Crippen LogP contribution in [0, 0.1) is 0 Å². The Morgan fingerprint density at radius 1 is 1.00 bits per heavy atom. The molecule has 0 radical (unpaired) electrons. The molecule has 1 amide bonds. The van der Waals surface area contributed by atoms with Gasteiger partial charge in [-0.15, -0.1) is 0 Å². The lowest BCUT2D eigenvalue weighted by molar-refractivity contribution is -0.132. The number of rotatable bonds is 8. The monoisotopic (exact) mass is 355 g/mol. The van der Waals surface area contributed by atoms with Gasteiger partial charge in [-0.25, -0.2) is 4.79 Å². The maximum atomic E-state index is 12.2. The van der Waals surface area contributed by atoms with Gasteiger partial charge in [-0.05, 0) is 49.8 Å². The van der Waals surface area contributed by atoms with Gasteiger partial charge < -0.3 is 19.9 Å². The van der Waals surface area contributed by atoms with Crippen molar-refractivity contribution >= 4 is 18.0 Å². The van der Waals surface area contributed by atoms with Gasteiger partial charge in [-0.1, -0.05) is 24.3 Å². The van der Waals surface area contributed by atoms with Gasteiger partial charge in [0.25, 0.3) is 5.91 Å². The first-order chi connectivity index (χ1) is 12.5. The maximum absolute atomic E-state index is 12.2. The number of benzene rings is 2. The smallest absolute Gasteiger partial charge is 0.352 e. The van der Waals surface area contributed by atoms with E-state index in [-0.39, 0.29) is 5.70 Å². The van der Waals surface area contributed by atoms with Crippen molar-refractivity contribution in [3.05, 3.63) is 65.4 Å². The molecule has 2 aromatic rings.